The first kappa shape index (κ1) is 17.9. The van der Waals surface area contributed by atoms with Gasteiger partial charge in [-0.25, -0.2) is 0 Å². The van der Waals surface area contributed by atoms with Gasteiger partial charge in [-0.1, -0.05) is 0 Å². The number of hydrogen-bond acceptors (Lipinski definition) is 5. The Bertz CT molecular complexity index is 813. The van der Waals surface area contributed by atoms with Gasteiger partial charge in [-0.2, -0.15) is 0 Å². The Kier molecular flexibility index (Phi) is 5.18. The molecule has 0 bridgehead atoms. The van der Waals surface area contributed by atoms with Crippen LogP contribution in [0.3, 0.4) is 0 Å². The molecule has 7 nitrogen and oxygen atoms in total. The SMILES string of the molecule is C[NH+](C)CCCN1C(=O)C(O)=C(C(=O)c2ccco2)[C@H]1c1ccncc1. The quantitative estimate of drug-likeness (QED) is 0.716. The first-order chi connectivity index (χ1) is 12.5. The number of nitrogens with zero attached hydrogens (tertiary/aromatic N) is 2. The van der Waals surface area contributed by atoms with Gasteiger partial charge in [-0.15, -0.1) is 0 Å². The van der Waals surface area contributed by atoms with E-state index in [4.69, 9.17) is 4.42 Å². The van der Waals surface area contributed by atoms with E-state index >= 15 is 0 Å². The lowest BCUT2D eigenvalue weighted by Crippen LogP contribution is -3.05. The number of aliphatic hydroxyl groups is 1. The van der Waals surface area contributed by atoms with Gasteiger partial charge < -0.3 is 19.3 Å². The van der Waals surface area contributed by atoms with Crippen molar-refractivity contribution in [1.82, 2.24) is 9.88 Å². The number of furan rings is 1. The van der Waals surface area contributed by atoms with Crippen molar-refractivity contribution in [1.29, 1.82) is 0 Å². The minimum absolute atomic E-state index is 0.0494. The van der Waals surface area contributed by atoms with Gasteiger partial charge in [0.1, 0.15) is 0 Å². The van der Waals surface area contributed by atoms with E-state index in [-0.39, 0.29) is 11.3 Å². The van der Waals surface area contributed by atoms with Crippen LogP contribution in [0, 0.1) is 0 Å². The molecule has 0 fully saturated rings. The summed E-state index contributed by atoms with van der Waals surface area (Å²) in [6.07, 6.45) is 5.35. The summed E-state index contributed by atoms with van der Waals surface area (Å²) in [5.74, 6) is -1.43. The Morgan fingerprint density at radius 2 is 2.04 bits per heavy atom. The lowest BCUT2D eigenvalue weighted by atomic mass is 9.96. The number of pyridine rings is 1. The van der Waals surface area contributed by atoms with E-state index in [0.717, 1.165) is 18.5 Å². The van der Waals surface area contributed by atoms with Gasteiger partial charge in [-0.05, 0) is 29.8 Å². The number of amides is 1. The third-order valence-corrected chi connectivity index (χ3v) is 4.39. The summed E-state index contributed by atoms with van der Waals surface area (Å²) in [5, 5.41) is 10.4. The molecule has 0 saturated carbocycles. The molecule has 0 unspecified atom stereocenters. The van der Waals surface area contributed by atoms with Crippen LogP contribution < -0.4 is 4.90 Å². The maximum absolute atomic E-state index is 12.9. The van der Waals surface area contributed by atoms with Crippen LogP contribution >= 0.6 is 0 Å². The van der Waals surface area contributed by atoms with E-state index in [1.54, 1.807) is 35.5 Å². The summed E-state index contributed by atoms with van der Waals surface area (Å²) in [7, 11) is 4.07. The fourth-order valence-corrected chi connectivity index (χ4v) is 3.15. The summed E-state index contributed by atoms with van der Waals surface area (Å²) in [5.41, 5.74) is 0.776. The number of carbonyl (C=O) groups excluding carboxylic acids is 2. The summed E-state index contributed by atoms with van der Waals surface area (Å²) >= 11 is 0. The predicted molar refractivity (Wildman–Crippen MR) is 93.7 cm³/mol. The summed E-state index contributed by atoms with van der Waals surface area (Å²) in [6, 6.07) is 5.96. The lowest BCUT2D eigenvalue weighted by molar-refractivity contribution is -0.858. The monoisotopic (exact) mass is 356 g/mol. The van der Waals surface area contributed by atoms with Crippen LogP contribution in [0.5, 0.6) is 0 Å². The average molecular weight is 356 g/mol. The number of ketones is 1. The van der Waals surface area contributed by atoms with E-state index in [1.165, 1.54) is 17.2 Å². The highest BCUT2D eigenvalue weighted by Gasteiger charge is 2.44. The van der Waals surface area contributed by atoms with Crippen molar-refractivity contribution in [2.45, 2.75) is 12.5 Å². The molecule has 0 radical (unpaired) electrons. The largest absolute Gasteiger partial charge is 0.503 e. The van der Waals surface area contributed by atoms with E-state index < -0.39 is 23.5 Å². The molecule has 3 heterocycles. The molecule has 0 aliphatic carbocycles. The maximum atomic E-state index is 12.9. The van der Waals surface area contributed by atoms with Crippen LogP contribution in [0.15, 0.2) is 58.7 Å². The van der Waals surface area contributed by atoms with Crippen LogP contribution in [-0.4, -0.2) is 53.9 Å². The zero-order chi connectivity index (χ0) is 18.7. The smallest absolute Gasteiger partial charge is 0.290 e. The average Bonchev–Trinajstić information content (AvgIpc) is 3.24. The first-order valence-corrected chi connectivity index (χ1v) is 8.52. The van der Waals surface area contributed by atoms with E-state index in [1.807, 2.05) is 14.1 Å². The van der Waals surface area contributed by atoms with Crippen molar-refractivity contribution in [2.24, 2.45) is 0 Å². The molecule has 1 atom stereocenters. The molecular weight excluding hydrogens is 334 g/mol. The van der Waals surface area contributed by atoms with Crippen molar-refractivity contribution >= 4 is 11.7 Å². The predicted octanol–water partition coefficient (Wildman–Crippen LogP) is 0.788. The number of aromatic nitrogens is 1. The zero-order valence-corrected chi connectivity index (χ0v) is 14.8. The Hall–Kier alpha value is -2.93. The molecule has 136 valence electrons. The van der Waals surface area contributed by atoms with Gasteiger partial charge in [0.15, 0.2) is 11.5 Å². The van der Waals surface area contributed by atoms with Gasteiger partial charge in [-0.3, -0.25) is 14.6 Å². The van der Waals surface area contributed by atoms with Crippen molar-refractivity contribution in [2.75, 3.05) is 27.2 Å². The van der Waals surface area contributed by atoms with Crippen molar-refractivity contribution in [3.63, 3.8) is 0 Å². The molecule has 26 heavy (non-hydrogen) atoms. The van der Waals surface area contributed by atoms with Crippen molar-refractivity contribution in [3.05, 3.63) is 65.6 Å². The second-order valence-corrected chi connectivity index (χ2v) is 6.56. The van der Waals surface area contributed by atoms with Crippen molar-refractivity contribution in [3.8, 4) is 0 Å². The van der Waals surface area contributed by atoms with Crippen LogP contribution in [0.4, 0.5) is 0 Å². The molecule has 0 aromatic carbocycles. The Morgan fingerprint density at radius 3 is 2.65 bits per heavy atom. The van der Waals surface area contributed by atoms with E-state index in [9.17, 15) is 14.7 Å². The molecule has 2 aromatic rings. The Labute approximate surface area is 151 Å². The maximum Gasteiger partial charge on any atom is 0.290 e. The zero-order valence-electron chi connectivity index (χ0n) is 14.8. The number of rotatable bonds is 7. The lowest BCUT2D eigenvalue weighted by Gasteiger charge is -2.26. The van der Waals surface area contributed by atoms with Crippen molar-refractivity contribution < 1.29 is 24.0 Å². The third kappa shape index (κ3) is 3.39. The second kappa shape index (κ2) is 7.53. The number of quaternary nitrogens is 1. The van der Waals surface area contributed by atoms with Gasteiger partial charge >= 0.3 is 0 Å². The molecule has 2 N–H and O–H groups in total. The standard InChI is InChI=1S/C19H21N3O4/c1-21(2)10-4-11-22-16(13-6-8-20-9-7-13)15(18(24)19(22)25)17(23)14-5-3-12-26-14/h3,5-9,12,16,24H,4,10-11H2,1-2H3/p+1/t16-/m1/s1. The molecule has 1 amide bonds. The van der Waals surface area contributed by atoms with Crippen LogP contribution in [0.25, 0.3) is 0 Å². The highest BCUT2D eigenvalue weighted by Crippen LogP contribution is 2.38. The first-order valence-electron chi connectivity index (χ1n) is 8.52. The molecule has 0 spiro atoms. The number of aliphatic hydroxyl groups excluding tert-OH is 1. The van der Waals surface area contributed by atoms with Gasteiger partial charge in [0.25, 0.3) is 5.91 Å². The molecular formula is C19H22N3O4+. The number of carbonyl (C=O) groups is 2. The van der Waals surface area contributed by atoms with Gasteiger partial charge in [0, 0.05) is 25.4 Å². The normalized spacial score (nSPS) is 17.4. The molecule has 3 rings (SSSR count). The van der Waals surface area contributed by atoms with E-state index in [0.29, 0.717) is 6.54 Å². The Balaban J connectivity index is 1.97. The molecule has 1 aliphatic heterocycles. The minimum atomic E-state index is -0.653. The van der Waals surface area contributed by atoms with Crippen LogP contribution in [0.2, 0.25) is 0 Å². The fourth-order valence-electron chi connectivity index (χ4n) is 3.15. The molecule has 1 aliphatic rings. The number of Topliss-reactive ketones (excluding diaryl/α,β-unsaturated/α-hetero) is 1. The molecule has 2 aromatic heterocycles. The highest BCUT2D eigenvalue weighted by atomic mass is 16.3. The topological polar surface area (TPSA) is 88.1 Å². The molecule has 0 saturated heterocycles. The summed E-state index contributed by atoms with van der Waals surface area (Å²) in [6.45, 7) is 1.31. The number of hydrogen-bond donors (Lipinski definition) is 2. The third-order valence-electron chi connectivity index (χ3n) is 4.39. The van der Waals surface area contributed by atoms with Gasteiger partial charge in [0.2, 0.25) is 5.78 Å². The van der Waals surface area contributed by atoms with Gasteiger partial charge in [0.05, 0.1) is 38.5 Å². The summed E-state index contributed by atoms with van der Waals surface area (Å²) < 4.78 is 5.18. The highest BCUT2D eigenvalue weighted by molar-refractivity contribution is 6.14. The van der Waals surface area contributed by atoms with Crippen LogP contribution in [-0.2, 0) is 4.79 Å². The van der Waals surface area contributed by atoms with Crippen LogP contribution in [0.1, 0.15) is 28.6 Å². The number of nitrogens with one attached hydrogen (secondary N) is 1. The fraction of sp³-hybridized carbons (Fsp3) is 0.316. The van der Waals surface area contributed by atoms with E-state index in [2.05, 4.69) is 4.98 Å². The molecule has 7 heteroatoms. The second-order valence-electron chi connectivity index (χ2n) is 6.56. The Morgan fingerprint density at radius 1 is 1.31 bits per heavy atom. The minimum Gasteiger partial charge on any atom is -0.503 e. The summed E-state index contributed by atoms with van der Waals surface area (Å²) in [4.78, 5) is 32.3.